The van der Waals surface area contributed by atoms with Crippen LogP contribution in [0.4, 0.5) is 0 Å². The molecule has 0 aromatic carbocycles. The Morgan fingerprint density at radius 1 is 1.59 bits per heavy atom. The monoisotopic (exact) mass is 252 g/mol. The number of pyridine rings is 1. The molecule has 0 radical (unpaired) electrons. The van der Waals surface area contributed by atoms with Crippen LogP contribution in [0.15, 0.2) is 12.3 Å². The van der Waals surface area contributed by atoms with Gasteiger partial charge in [-0.15, -0.1) is 11.6 Å². The summed E-state index contributed by atoms with van der Waals surface area (Å²) in [4.78, 5) is 18.4. The molecular formula is C13H17ClN2O. The number of halogens is 1. The lowest BCUT2D eigenvalue weighted by atomic mass is 9.99. The SMILES string of the molecule is Cc1cnc2c(c1)C(=O)N(C)CC(CCCl)C2. The maximum Gasteiger partial charge on any atom is 0.255 e. The number of aryl methyl sites for hydroxylation is 1. The van der Waals surface area contributed by atoms with E-state index in [0.29, 0.717) is 11.8 Å². The van der Waals surface area contributed by atoms with E-state index in [1.165, 1.54) is 0 Å². The van der Waals surface area contributed by atoms with Crippen LogP contribution < -0.4 is 0 Å². The standard InChI is InChI=1S/C13H17ClN2O/c1-9-5-11-12(15-7-9)6-10(3-4-14)8-16(2)13(11)17/h5,7,10H,3-4,6,8H2,1-2H3. The van der Waals surface area contributed by atoms with Gasteiger partial charge in [-0.1, -0.05) is 0 Å². The van der Waals surface area contributed by atoms with Crippen LogP contribution in [0.25, 0.3) is 0 Å². The van der Waals surface area contributed by atoms with Crippen molar-refractivity contribution in [3.05, 3.63) is 29.1 Å². The van der Waals surface area contributed by atoms with Gasteiger partial charge in [-0.2, -0.15) is 0 Å². The number of aromatic nitrogens is 1. The maximum absolute atomic E-state index is 12.2. The minimum Gasteiger partial charge on any atom is -0.341 e. The van der Waals surface area contributed by atoms with Crippen LogP contribution in [0.2, 0.25) is 0 Å². The molecule has 0 spiro atoms. The number of hydrogen-bond donors (Lipinski definition) is 0. The summed E-state index contributed by atoms with van der Waals surface area (Å²) in [5, 5.41) is 0. The van der Waals surface area contributed by atoms with E-state index in [2.05, 4.69) is 4.98 Å². The van der Waals surface area contributed by atoms with Crippen LogP contribution in [0, 0.1) is 12.8 Å². The summed E-state index contributed by atoms with van der Waals surface area (Å²) in [5.74, 6) is 1.12. The topological polar surface area (TPSA) is 33.2 Å². The molecule has 1 aliphatic heterocycles. The molecule has 92 valence electrons. The lowest BCUT2D eigenvalue weighted by molar-refractivity contribution is 0.0782. The van der Waals surface area contributed by atoms with Crippen molar-refractivity contribution in [3.8, 4) is 0 Å². The molecule has 0 aliphatic carbocycles. The number of amides is 1. The first kappa shape index (κ1) is 12.4. The largest absolute Gasteiger partial charge is 0.341 e. The van der Waals surface area contributed by atoms with E-state index in [9.17, 15) is 4.79 Å². The third kappa shape index (κ3) is 2.60. The first-order valence-corrected chi connectivity index (χ1v) is 6.42. The van der Waals surface area contributed by atoms with Gasteiger partial charge < -0.3 is 4.90 Å². The first-order valence-electron chi connectivity index (χ1n) is 5.88. The highest BCUT2D eigenvalue weighted by Crippen LogP contribution is 2.22. The van der Waals surface area contributed by atoms with Crippen molar-refractivity contribution in [3.63, 3.8) is 0 Å². The molecule has 17 heavy (non-hydrogen) atoms. The van der Waals surface area contributed by atoms with Crippen molar-refractivity contribution in [2.24, 2.45) is 5.92 Å². The van der Waals surface area contributed by atoms with Gasteiger partial charge in [0.2, 0.25) is 0 Å². The fourth-order valence-corrected chi connectivity index (χ4v) is 2.62. The van der Waals surface area contributed by atoms with E-state index in [4.69, 9.17) is 11.6 Å². The molecule has 2 rings (SSSR count). The number of nitrogens with zero attached hydrogens (tertiary/aromatic N) is 2. The summed E-state index contributed by atoms with van der Waals surface area (Å²) >= 11 is 5.80. The van der Waals surface area contributed by atoms with Crippen LogP contribution in [0.5, 0.6) is 0 Å². The van der Waals surface area contributed by atoms with Crippen LogP contribution >= 0.6 is 11.6 Å². The summed E-state index contributed by atoms with van der Waals surface area (Å²) in [7, 11) is 1.85. The highest BCUT2D eigenvalue weighted by Gasteiger charge is 2.26. The van der Waals surface area contributed by atoms with Crippen molar-refractivity contribution in [1.29, 1.82) is 0 Å². The van der Waals surface area contributed by atoms with Crippen molar-refractivity contribution in [2.75, 3.05) is 19.5 Å². The minimum absolute atomic E-state index is 0.0771. The van der Waals surface area contributed by atoms with Gasteiger partial charge in [-0.25, -0.2) is 0 Å². The van der Waals surface area contributed by atoms with Crippen LogP contribution in [-0.4, -0.2) is 35.3 Å². The average molecular weight is 253 g/mol. The summed E-state index contributed by atoms with van der Waals surface area (Å²) < 4.78 is 0. The van der Waals surface area contributed by atoms with Gasteiger partial charge in [0.05, 0.1) is 11.3 Å². The molecule has 0 bridgehead atoms. The molecule has 1 atom stereocenters. The Morgan fingerprint density at radius 2 is 2.35 bits per heavy atom. The lowest BCUT2D eigenvalue weighted by Crippen LogP contribution is -2.30. The molecular weight excluding hydrogens is 236 g/mol. The molecule has 0 fully saturated rings. The molecule has 1 aliphatic rings. The zero-order chi connectivity index (χ0) is 12.4. The summed E-state index contributed by atoms with van der Waals surface area (Å²) in [6.07, 6.45) is 3.60. The predicted octanol–water partition coefficient (Wildman–Crippen LogP) is 2.26. The molecule has 1 amide bonds. The lowest BCUT2D eigenvalue weighted by Gasteiger charge is -2.19. The number of alkyl halides is 1. The molecule has 4 heteroatoms. The second kappa shape index (κ2) is 5.05. The van der Waals surface area contributed by atoms with Gasteiger partial charge in [0, 0.05) is 25.7 Å². The summed E-state index contributed by atoms with van der Waals surface area (Å²) in [6, 6.07) is 1.93. The number of rotatable bonds is 2. The molecule has 0 N–H and O–H groups in total. The average Bonchev–Trinajstić information content (AvgIpc) is 2.40. The van der Waals surface area contributed by atoms with Crippen LogP contribution in [-0.2, 0) is 6.42 Å². The fourth-order valence-electron chi connectivity index (χ4n) is 2.31. The van der Waals surface area contributed by atoms with Gasteiger partial charge in [-0.05, 0) is 37.3 Å². The molecule has 3 nitrogen and oxygen atoms in total. The number of carbonyl (C=O) groups is 1. The Hall–Kier alpha value is -1.09. The van der Waals surface area contributed by atoms with Gasteiger partial charge in [0.15, 0.2) is 0 Å². The second-order valence-corrected chi connectivity index (χ2v) is 5.12. The Kier molecular flexibility index (Phi) is 3.67. The van der Waals surface area contributed by atoms with Gasteiger partial charge in [0.1, 0.15) is 0 Å². The third-order valence-corrected chi connectivity index (χ3v) is 3.43. The number of hydrogen-bond acceptors (Lipinski definition) is 2. The van der Waals surface area contributed by atoms with E-state index in [1.807, 2.05) is 26.2 Å². The van der Waals surface area contributed by atoms with Gasteiger partial charge in [-0.3, -0.25) is 9.78 Å². The van der Waals surface area contributed by atoms with E-state index in [1.54, 1.807) is 4.90 Å². The van der Waals surface area contributed by atoms with E-state index < -0.39 is 0 Å². The van der Waals surface area contributed by atoms with Gasteiger partial charge >= 0.3 is 0 Å². The highest BCUT2D eigenvalue weighted by molar-refractivity contribution is 6.17. The van der Waals surface area contributed by atoms with E-state index >= 15 is 0 Å². The molecule has 1 aromatic heterocycles. The minimum atomic E-state index is 0.0771. The van der Waals surface area contributed by atoms with Crippen molar-refractivity contribution in [2.45, 2.75) is 19.8 Å². The highest BCUT2D eigenvalue weighted by atomic mass is 35.5. The van der Waals surface area contributed by atoms with Crippen molar-refractivity contribution < 1.29 is 4.79 Å². The Morgan fingerprint density at radius 3 is 3.06 bits per heavy atom. The van der Waals surface area contributed by atoms with E-state index in [-0.39, 0.29) is 5.91 Å². The molecule has 2 heterocycles. The molecule has 1 unspecified atom stereocenters. The second-order valence-electron chi connectivity index (χ2n) is 4.74. The smallest absolute Gasteiger partial charge is 0.255 e. The van der Waals surface area contributed by atoms with Crippen molar-refractivity contribution >= 4 is 17.5 Å². The quantitative estimate of drug-likeness (QED) is 0.757. The summed E-state index contributed by atoms with van der Waals surface area (Å²) in [5.41, 5.74) is 2.70. The summed E-state index contributed by atoms with van der Waals surface area (Å²) in [6.45, 7) is 2.72. The number of fused-ring (bicyclic) bond motifs is 1. The fraction of sp³-hybridized carbons (Fsp3) is 0.538. The zero-order valence-electron chi connectivity index (χ0n) is 10.2. The van der Waals surface area contributed by atoms with Gasteiger partial charge in [0.25, 0.3) is 5.91 Å². The third-order valence-electron chi connectivity index (χ3n) is 3.22. The first-order chi connectivity index (χ1) is 8.11. The molecule has 1 aromatic rings. The van der Waals surface area contributed by atoms with Crippen molar-refractivity contribution in [1.82, 2.24) is 9.88 Å². The van der Waals surface area contributed by atoms with Crippen LogP contribution in [0.1, 0.15) is 28.0 Å². The zero-order valence-corrected chi connectivity index (χ0v) is 11.0. The Balaban J connectivity index is 2.37. The molecule has 0 saturated heterocycles. The number of carbonyl (C=O) groups excluding carboxylic acids is 1. The van der Waals surface area contributed by atoms with Crippen LogP contribution in [0.3, 0.4) is 0 Å². The molecule has 0 saturated carbocycles. The maximum atomic E-state index is 12.2. The van der Waals surface area contributed by atoms with E-state index in [0.717, 1.165) is 36.2 Å². The normalized spacial score (nSPS) is 20.1. The Bertz CT molecular complexity index is 433. The predicted molar refractivity (Wildman–Crippen MR) is 68.5 cm³/mol. The Labute approximate surface area is 107 Å².